The van der Waals surface area contributed by atoms with Crippen LogP contribution in [0.1, 0.15) is 42.5 Å². The summed E-state index contributed by atoms with van der Waals surface area (Å²) < 4.78 is 2.58. The van der Waals surface area contributed by atoms with Crippen molar-refractivity contribution in [2.45, 2.75) is 38.1 Å². The Balaban J connectivity index is 1.80. The number of carbonyl (C=O) groups is 1. The Kier molecular flexibility index (Phi) is 4.34. The molecule has 0 bridgehead atoms. The number of benzene rings is 1. The molecule has 0 unspecified atom stereocenters. The van der Waals surface area contributed by atoms with Gasteiger partial charge in [0.15, 0.2) is 0 Å². The Bertz CT molecular complexity index is 621. The SMILES string of the molecule is O=C(NC1CCCCC1)c1cc(-n2cnnc2)ccc1Br. The van der Waals surface area contributed by atoms with E-state index in [2.05, 4.69) is 31.4 Å². The molecule has 21 heavy (non-hydrogen) atoms. The third-order valence-corrected chi connectivity index (χ3v) is 4.54. The molecule has 2 aromatic rings. The zero-order valence-electron chi connectivity index (χ0n) is 11.6. The molecule has 0 radical (unpaired) electrons. The molecule has 3 rings (SSSR count). The molecule has 1 saturated carbocycles. The quantitative estimate of drug-likeness (QED) is 0.926. The highest BCUT2D eigenvalue weighted by atomic mass is 79.9. The van der Waals surface area contributed by atoms with E-state index >= 15 is 0 Å². The lowest BCUT2D eigenvalue weighted by atomic mass is 9.95. The van der Waals surface area contributed by atoms with Gasteiger partial charge in [0.1, 0.15) is 12.7 Å². The van der Waals surface area contributed by atoms with E-state index in [0.717, 1.165) is 23.0 Å². The van der Waals surface area contributed by atoms with Gasteiger partial charge in [-0.1, -0.05) is 19.3 Å². The maximum absolute atomic E-state index is 12.5. The van der Waals surface area contributed by atoms with Crippen molar-refractivity contribution in [3.8, 4) is 5.69 Å². The molecule has 0 aliphatic heterocycles. The zero-order valence-corrected chi connectivity index (χ0v) is 13.2. The van der Waals surface area contributed by atoms with Crippen molar-refractivity contribution < 1.29 is 4.79 Å². The predicted molar refractivity (Wildman–Crippen MR) is 83.4 cm³/mol. The number of carbonyl (C=O) groups excluding carboxylic acids is 1. The molecule has 5 nitrogen and oxygen atoms in total. The summed E-state index contributed by atoms with van der Waals surface area (Å²) in [5.41, 5.74) is 1.52. The molecule has 1 aliphatic rings. The molecular weight excluding hydrogens is 332 g/mol. The molecule has 0 atom stereocenters. The van der Waals surface area contributed by atoms with E-state index in [1.165, 1.54) is 19.3 Å². The van der Waals surface area contributed by atoms with Crippen LogP contribution in [-0.2, 0) is 0 Å². The van der Waals surface area contributed by atoms with E-state index in [9.17, 15) is 4.79 Å². The summed E-state index contributed by atoms with van der Waals surface area (Å²) in [6, 6.07) is 5.96. The summed E-state index contributed by atoms with van der Waals surface area (Å²) in [4.78, 5) is 12.5. The van der Waals surface area contributed by atoms with Crippen LogP contribution >= 0.6 is 15.9 Å². The van der Waals surface area contributed by atoms with E-state index < -0.39 is 0 Å². The molecule has 1 heterocycles. The van der Waals surface area contributed by atoms with E-state index in [1.807, 2.05) is 18.2 Å². The molecule has 0 spiro atoms. The van der Waals surface area contributed by atoms with Gasteiger partial charge >= 0.3 is 0 Å². The topological polar surface area (TPSA) is 59.8 Å². The van der Waals surface area contributed by atoms with Gasteiger partial charge < -0.3 is 5.32 Å². The molecule has 6 heteroatoms. The summed E-state index contributed by atoms with van der Waals surface area (Å²) >= 11 is 3.46. The lowest BCUT2D eigenvalue weighted by Gasteiger charge is -2.23. The molecule has 1 fully saturated rings. The molecule has 1 amide bonds. The zero-order chi connectivity index (χ0) is 14.7. The van der Waals surface area contributed by atoms with Crippen LogP contribution in [-0.4, -0.2) is 26.7 Å². The Morgan fingerprint density at radius 1 is 1.19 bits per heavy atom. The van der Waals surface area contributed by atoms with Crippen LogP contribution in [0.25, 0.3) is 5.69 Å². The van der Waals surface area contributed by atoms with Crippen LogP contribution in [0.3, 0.4) is 0 Å². The van der Waals surface area contributed by atoms with Gasteiger partial charge in [0, 0.05) is 16.2 Å². The molecule has 1 aromatic carbocycles. The monoisotopic (exact) mass is 348 g/mol. The average Bonchev–Trinajstić information content (AvgIpc) is 3.03. The van der Waals surface area contributed by atoms with Crippen LogP contribution in [0.2, 0.25) is 0 Å². The average molecular weight is 349 g/mol. The normalized spacial score (nSPS) is 15.9. The molecule has 1 N–H and O–H groups in total. The Labute approximate surface area is 131 Å². The van der Waals surface area contributed by atoms with Gasteiger partial charge in [0.2, 0.25) is 0 Å². The van der Waals surface area contributed by atoms with Gasteiger partial charge in [0.25, 0.3) is 5.91 Å². The summed E-state index contributed by atoms with van der Waals surface area (Å²) in [6.07, 6.45) is 9.07. The minimum Gasteiger partial charge on any atom is -0.349 e. The molecule has 0 saturated heterocycles. The molecular formula is C15H17BrN4O. The highest BCUT2D eigenvalue weighted by Gasteiger charge is 2.18. The van der Waals surface area contributed by atoms with Gasteiger partial charge in [-0.15, -0.1) is 10.2 Å². The third kappa shape index (κ3) is 3.32. The predicted octanol–water partition coefficient (Wildman–Crippen LogP) is 3.09. The van der Waals surface area contributed by atoms with Crippen molar-refractivity contribution in [1.29, 1.82) is 0 Å². The van der Waals surface area contributed by atoms with Gasteiger partial charge in [0.05, 0.1) is 5.56 Å². The highest BCUT2D eigenvalue weighted by Crippen LogP contribution is 2.22. The van der Waals surface area contributed by atoms with Gasteiger partial charge in [-0.25, -0.2) is 0 Å². The Hall–Kier alpha value is -1.69. The lowest BCUT2D eigenvalue weighted by molar-refractivity contribution is 0.0927. The van der Waals surface area contributed by atoms with Crippen molar-refractivity contribution >= 4 is 21.8 Å². The van der Waals surface area contributed by atoms with Gasteiger partial charge in [-0.2, -0.15) is 0 Å². The number of hydrogen-bond acceptors (Lipinski definition) is 3. The minimum atomic E-state index is -0.0244. The minimum absolute atomic E-state index is 0.0244. The van der Waals surface area contributed by atoms with Crippen molar-refractivity contribution in [2.24, 2.45) is 0 Å². The molecule has 110 valence electrons. The largest absolute Gasteiger partial charge is 0.349 e. The van der Waals surface area contributed by atoms with Crippen LogP contribution < -0.4 is 5.32 Å². The van der Waals surface area contributed by atoms with Gasteiger partial charge in [-0.3, -0.25) is 9.36 Å². The van der Waals surface area contributed by atoms with E-state index in [1.54, 1.807) is 17.2 Å². The van der Waals surface area contributed by atoms with Crippen molar-refractivity contribution in [3.63, 3.8) is 0 Å². The number of halogens is 1. The maximum atomic E-state index is 12.5. The summed E-state index contributed by atoms with van der Waals surface area (Å²) in [5, 5.41) is 10.7. The fourth-order valence-corrected chi connectivity index (χ4v) is 3.12. The van der Waals surface area contributed by atoms with Gasteiger partial charge in [-0.05, 0) is 47.0 Å². The first-order valence-corrected chi connectivity index (χ1v) is 7.99. The first-order chi connectivity index (χ1) is 10.2. The second kappa shape index (κ2) is 6.39. The van der Waals surface area contributed by atoms with Crippen molar-refractivity contribution in [1.82, 2.24) is 20.1 Å². The van der Waals surface area contributed by atoms with E-state index in [0.29, 0.717) is 11.6 Å². The first kappa shape index (κ1) is 14.3. The van der Waals surface area contributed by atoms with Crippen LogP contribution in [0.4, 0.5) is 0 Å². The second-order valence-electron chi connectivity index (χ2n) is 5.34. The standard InChI is InChI=1S/C15H17BrN4O/c16-14-7-6-12(20-9-17-18-10-20)8-13(14)15(21)19-11-4-2-1-3-5-11/h6-11H,1-5H2,(H,19,21). The van der Waals surface area contributed by atoms with Crippen molar-refractivity contribution in [2.75, 3.05) is 0 Å². The number of nitrogens with zero attached hydrogens (tertiary/aromatic N) is 3. The highest BCUT2D eigenvalue weighted by molar-refractivity contribution is 9.10. The second-order valence-corrected chi connectivity index (χ2v) is 6.20. The van der Waals surface area contributed by atoms with Crippen LogP contribution in [0.15, 0.2) is 35.3 Å². The summed E-state index contributed by atoms with van der Waals surface area (Å²) in [6.45, 7) is 0. The Morgan fingerprint density at radius 2 is 1.90 bits per heavy atom. The van der Waals surface area contributed by atoms with E-state index in [-0.39, 0.29) is 5.91 Å². The number of rotatable bonds is 3. The fraction of sp³-hybridized carbons (Fsp3) is 0.400. The van der Waals surface area contributed by atoms with Crippen LogP contribution in [0.5, 0.6) is 0 Å². The number of nitrogens with one attached hydrogen (secondary N) is 1. The number of hydrogen-bond donors (Lipinski definition) is 1. The molecule has 1 aromatic heterocycles. The number of amides is 1. The third-order valence-electron chi connectivity index (χ3n) is 3.85. The van der Waals surface area contributed by atoms with Crippen molar-refractivity contribution in [3.05, 3.63) is 40.9 Å². The first-order valence-electron chi connectivity index (χ1n) is 7.19. The number of aromatic nitrogens is 3. The summed E-state index contributed by atoms with van der Waals surface area (Å²) in [7, 11) is 0. The maximum Gasteiger partial charge on any atom is 0.252 e. The van der Waals surface area contributed by atoms with Crippen LogP contribution in [0, 0.1) is 0 Å². The molecule has 1 aliphatic carbocycles. The van der Waals surface area contributed by atoms with E-state index in [4.69, 9.17) is 0 Å². The summed E-state index contributed by atoms with van der Waals surface area (Å²) in [5.74, 6) is -0.0244. The smallest absolute Gasteiger partial charge is 0.252 e. The lowest BCUT2D eigenvalue weighted by Crippen LogP contribution is -2.36. The Morgan fingerprint density at radius 3 is 2.62 bits per heavy atom. The fourth-order valence-electron chi connectivity index (χ4n) is 2.69.